The van der Waals surface area contributed by atoms with Crippen molar-refractivity contribution in [2.45, 2.75) is 123 Å². The Hall–Kier alpha value is -0.130. The Bertz CT molecular complexity index is 334. The van der Waals surface area contributed by atoms with Crippen molar-refractivity contribution in [3.05, 3.63) is 0 Å². The highest BCUT2D eigenvalue weighted by Gasteiger charge is 2.15. The smallest absolute Gasteiger partial charge is 0.306 e. The molecular formula is C25H49BrO4. The van der Waals surface area contributed by atoms with Crippen LogP contribution in [-0.4, -0.2) is 43.8 Å². The molecule has 5 heteroatoms. The van der Waals surface area contributed by atoms with Crippen molar-refractivity contribution in [1.29, 1.82) is 0 Å². The Balaban J connectivity index is 4.01. The zero-order chi connectivity index (χ0) is 22.1. The Kier molecular flexibility index (Phi) is 25.0. The maximum absolute atomic E-state index is 12.2. The summed E-state index contributed by atoms with van der Waals surface area (Å²) in [6.07, 6.45) is 18.1. The summed E-state index contributed by atoms with van der Waals surface area (Å²) >= 11 is 3.45. The van der Waals surface area contributed by atoms with Gasteiger partial charge in [-0.1, -0.05) is 100 Å². The summed E-state index contributed by atoms with van der Waals surface area (Å²) in [6.45, 7) is 6.82. The fourth-order valence-corrected chi connectivity index (χ4v) is 3.70. The number of ether oxygens (including phenoxy) is 3. The van der Waals surface area contributed by atoms with E-state index >= 15 is 0 Å². The molecule has 0 aliphatic carbocycles. The molecule has 0 aliphatic heterocycles. The predicted octanol–water partition coefficient (Wildman–Crippen LogP) is 7.61. The summed E-state index contributed by atoms with van der Waals surface area (Å²) in [5.74, 6) is -0.112. The van der Waals surface area contributed by atoms with Crippen LogP contribution in [-0.2, 0) is 19.0 Å². The molecule has 0 aromatic rings. The van der Waals surface area contributed by atoms with E-state index in [9.17, 15) is 4.79 Å². The lowest BCUT2D eigenvalue weighted by atomic mass is 10.1. The number of alkyl halides is 1. The number of halogens is 1. The predicted molar refractivity (Wildman–Crippen MR) is 131 cm³/mol. The van der Waals surface area contributed by atoms with Gasteiger partial charge in [-0.25, -0.2) is 0 Å². The van der Waals surface area contributed by atoms with Gasteiger partial charge in [-0.3, -0.25) is 4.79 Å². The number of rotatable bonds is 24. The van der Waals surface area contributed by atoms with Gasteiger partial charge in [0.25, 0.3) is 0 Å². The van der Waals surface area contributed by atoms with Crippen LogP contribution in [0.25, 0.3) is 0 Å². The minimum Gasteiger partial charge on any atom is -0.457 e. The molecule has 0 aliphatic rings. The van der Waals surface area contributed by atoms with Gasteiger partial charge in [-0.2, -0.15) is 0 Å². The van der Waals surface area contributed by atoms with Crippen molar-refractivity contribution >= 4 is 21.9 Å². The van der Waals surface area contributed by atoms with Crippen molar-refractivity contribution in [3.8, 4) is 0 Å². The monoisotopic (exact) mass is 492 g/mol. The van der Waals surface area contributed by atoms with Crippen LogP contribution < -0.4 is 0 Å². The molecule has 0 spiro atoms. The summed E-state index contributed by atoms with van der Waals surface area (Å²) < 4.78 is 17.3. The molecule has 0 aromatic heterocycles. The highest BCUT2D eigenvalue weighted by atomic mass is 79.9. The zero-order valence-electron chi connectivity index (χ0n) is 19.9. The number of esters is 1. The first-order chi connectivity index (χ1) is 14.7. The third-order valence-electron chi connectivity index (χ3n) is 5.20. The molecule has 0 unspecified atom stereocenters. The van der Waals surface area contributed by atoms with Gasteiger partial charge in [0.15, 0.2) is 0 Å². The van der Waals surface area contributed by atoms with Crippen LogP contribution in [0.15, 0.2) is 0 Å². The summed E-state index contributed by atoms with van der Waals surface area (Å²) in [5, 5.41) is 1.06. The van der Waals surface area contributed by atoms with Crippen LogP contribution in [0.4, 0.5) is 0 Å². The van der Waals surface area contributed by atoms with E-state index < -0.39 is 0 Å². The van der Waals surface area contributed by atoms with E-state index in [0.717, 1.165) is 44.2 Å². The molecule has 4 nitrogen and oxygen atoms in total. The normalized spacial score (nSPS) is 11.3. The van der Waals surface area contributed by atoms with Gasteiger partial charge in [0, 0.05) is 25.0 Å². The number of unbranched alkanes of at least 4 members (excludes halogenated alkanes) is 12. The largest absolute Gasteiger partial charge is 0.457 e. The van der Waals surface area contributed by atoms with Crippen molar-refractivity contribution in [2.24, 2.45) is 0 Å². The highest BCUT2D eigenvalue weighted by molar-refractivity contribution is 9.09. The van der Waals surface area contributed by atoms with Crippen LogP contribution >= 0.6 is 15.9 Å². The van der Waals surface area contributed by atoms with Crippen molar-refractivity contribution in [1.82, 2.24) is 0 Å². The maximum atomic E-state index is 12.2. The van der Waals surface area contributed by atoms with Gasteiger partial charge in [0.05, 0.1) is 13.2 Å². The summed E-state index contributed by atoms with van der Waals surface area (Å²) in [5.41, 5.74) is 0. The van der Waals surface area contributed by atoms with Crippen LogP contribution in [0.3, 0.4) is 0 Å². The SMILES string of the molecule is CCCCCCCOCC(COCCCCCCC)OC(=O)CCCCCCCBr. The molecule has 0 saturated heterocycles. The molecule has 0 amide bonds. The first-order valence-corrected chi connectivity index (χ1v) is 13.8. The van der Waals surface area contributed by atoms with Crippen LogP contribution in [0, 0.1) is 0 Å². The molecule has 0 aromatic carbocycles. The van der Waals surface area contributed by atoms with Gasteiger partial charge >= 0.3 is 5.97 Å². The first kappa shape index (κ1) is 29.9. The standard InChI is InChI=1S/C25H49BrO4/c1-3-5-7-12-16-20-28-22-24(23-29-21-17-13-8-6-4-2)30-25(27)18-14-10-9-11-15-19-26/h24H,3-23H2,1-2H3. The second-order valence-electron chi connectivity index (χ2n) is 8.30. The molecule has 180 valence electrons. The third-order valence-corrected chi connectivity index (χ3v) is 5.77. The lowest BCUT2D eigenvalue weighted by molar-refractivity contribution is -0.156. The quantitative estimate of drug-likeness (QED) is 0.0789. The van der Waals surface area contributed by atoms with E-state index in [-0.39, 0.29) is 12.1 Å². The summed E-state index contributed by atoms with van der Waals surface area (Å²) in [6, 6.07) is 0. The van der Waals surface area contributed by atoms with E-state index in [4.69, 9.17) is 14.2 Å². The van der Waals surface area contributed by atoms with E-state index in [1.54, 1.807) is 0 Å². The van der Waals surface area contributed by atoms with Gasteiger partial charge in [0.2, 0.25) is 0 Å². The minimum absolute atomic E-state index is 0.112. The average Bonchev–Trinajstić information content (AvgIpc) is 2.74. The molecule has 0 bridgehead atoms. The number of carbonyl (C=O) groups is 1. The molecule has 30 heavy (non-hydrogen) atoms. The third kappa shape index (κ3) is 22.6. The van der Waals surface area contributed by atoms with Gasteiger partial charge in [0.1, 0.15) is 6.10 Å². The van der Waals surface area contributed by atoms with Gasteiger partial charge < -0.3 is 14.2 Å². The van der Waals surface area contributed by atoms with E-state index in [1.807, 2.05) is 0 Å². The second kappa shape index (κ2) is 25.1. The fourth-order valence-electron chi connectivity index (χ4n) is 3.30. The Morgan fingerprint density at radius 2 is 1.13 bits per heavy atom. The minimum atomic E-state index is -0.280. The molecule has 0 N–H and O–H groups in total. The highest BCUT2D eigenvalue weighted by Crippen LogP contribution is 2.09. The molecule has 0 radical (unpaired) electrons. The number of hydrogen-bond donors (Lipinski definition) is 0. The van der Waals surface area contributed by atoms with Crippen LogP contribution in [0.5, 0.6) is 0 Å². The summed E-state index contributed by atoms with van der Waals surface area (Å²) in [4.78, 5) is 12.2. The van der Waals surface area contributed by atoms with Gasteiger partial charge in [-0.15, -0.1) is 0 Å². The zero-order valence-corrected chi connectivity index (χ0v) is 21.5. The number of hydrogen-bond acceptors (Lipinski definition) is 4. The second-order valence-corrected chi connectivity index (χ2v) is 9.09. The number of carbonyl (C=O) groups excluding carboxylic acids is 1. The Morgan fingerprint density at radius 3 is 1.67 bits per heavy atom. The Labute approximate surface area is 195 Å². The van der Waals surface area contributed by atoms with E-state index in [2.05, 4.69) is 29.8 Å². The molecular weight excluding hydrogens is 444 g/mol. The van der Waals surface area contributed by atoms with Crippen molar-refractivity contribution in [3.63, 3.8) is 0 Å². The van der Waals surface area contributed by atoms with Crippen molar-refractivity contribution < 1.29 is 19.0 Å². The molecule has 0 fully saturated rings. The molecule has 0 saturated carbocycles. The van der Waals surface area contributed by atoms with Crippen LogP contribution in [0.2, 0.25) is 0 Å². The average molecular weight is 494 g/mol. The van der Waals surface area contributed by atoms with Crippen LogP contribution in [0.1, 0.15) is 117 Å². The first-order valence-electron chi connectivity index (χ1n) is 12.7. The lowest BCUT2D eigenvalue weighted by Crippen LogP contribution is -2.29. The molecule has 0 rings (SSSR count). The van der Waals surface area contributed by atoms with Crippen molar-refractivity contribution in [2.75, 3.05) is 31.8 Å². The van der Waals surface area contributed by atoms with E-state index in [1.165, 1.54) is 70.6 Å². The molecule has 0 atom stereocenters. The molecule has 0 heterocycles. The fraction of sp³-hybridized carbons (Fsp3) is 0.960. The topological polar surface area (TPSA) is 44.8 Å². The lowest BCUT2D eigenvalue weighted by Gasteiger charge is -2.18. The summed E-state index contributed by atoms with van der Waals surface area (Å²) in [7, 11) is 0. The Morgan fingerprint density at radius 1 is 0.667 bits per heavy atom. The maximum Gasteiger partial charge on any atom is 0.306 e. The van der Waals surface area contributed by atoms with Gasteiger partial charge in [-0.05, 0) is 25.7 Å². The van der Waals surface area contributed by atoms with E-state index in [0.29, 0.717) is 19.6 Å².